The van der Waals surface area contributed by atoms with Crippen LogP contribution in [0.4, 0.5) is 5.00 Å². The quantitative estimate of drug-likeness (QED) is 0.450. The number of benzene rings is 1. The van der Waals surface area contributed by atoms with Gasteiger partial charge in [-0.15, -0.1) is 21.5 Å². The highest BCUT2D eigenvalue weighted by atomic mass is 32.2. The molecule has 156 valence electrons. The molecule has 1 N–H and O–H groups in total. The lowest BCUT2D eigenvalue weighted by atomic mass is 10.1. The van der Waals surface area contributed by atoms with E-state index in [1.165, 1.54) is 28.0 Å². The van der Waals surface area contributed by atoms with E-state index in [2.05, 4.69) is 39.1 Å². The summed E-state index contributed by atoms with van der Waals surface area (Å²) in [5.74, 6) is -0.166. The molecule has 1 aromatic carbocycles. The van der Waals surface area contributed by atoms with E-state index in [9.17, 15) is 10.1 Å². The van der Waals surface area contributed by atoms with E-state index >= 15 is 0 Å². The molecule has 5 rings (SSSR count). The first-order chi connectivity index (χ1) is 15.1. The Labute approximate surface area is 187 Å². The SMILES string of the molecule is CCn1c2ccccc2c2nnc(SC(C)C(=O)Nc3sc4c(c3C#N)CCC4)nc21. The molecule has 0 fully saturated rings. The first-order valence-corrected chi connectivity index (χ1v) is 11.9. The number of nitrogens with one attached hydrogen (secondary N) is 1. The van der Waals surface area contributed by atoms with E-state index in [1.54, 1.807) is 0 Å². The normalized spacial score (nSPS) is 14.0. The second-order valence-corrected chi connectivity index (χ2v) is 9.86. The third kappa shape index (κ3) is 3.36. The number of para-hydroxylation sites is 1. The Kier molecular flexibility index (Phi) is 5.12. The zero-order valence-corrected chi connectivity index (χ0v) is 18.8. The van der Waals surface area contributed by atoms with E-state index < -0.39 is 5.25 Å². The maximum Gasteiger partial charge on any atom is 0.238 e. The Hall–Kier alpha value is -2.96. The number of amides is 1. The van der Waals surface area contributed by atoms with Crippen LogP contribution in [0.15, 0.2) is 29.4 Å². The van der Waals surface area contributed by atoms with E-state index in [0.29, 0.717) is 15.7 Å². The van der Waals surface area contributed by atoms with Crippen molar-refractivity contribution in [1.82, 2.24) is 19.7 Å². The van der Waals surface area contributed by atoms with Crippen LogP contribution in [0.2, 0.25) is 0 Å². The van der Waals surface area contributed by atoms with Gasteiger partial charge in [0.25, 0.3) is 0 Å². The number of fused-ring (bicyclic) bond motifs is 4. The first kappa shape index (κ1) is 20.0. The fourth-order valence-electron chi connectivity index (χ4n) is 4.10. The monoisotopic (exact) mass is 448 g/mol. The zero-order valence-electron chi connectivity index (χ0n) is 17.2. The molecular formula is C22H20N6OS2. The smallest absolute Gasteiger partial charge is 0.238 e. The van der Waals surface area contributed by atoms with Gasteiger partial charge in [-0.3, -0.25) is 4.79 Å². The number of carbonyl (C=O) groups excluding carboxylic acids is 1. The van der Waals surface area contributed by atoms with Gasteiger partial charge in [-0.1, -0.05) is 30.0 Å². The van der Waals surface area contributed by atoms with Crippen molar-refractivity contribution < 1.29 is 4.79 Å². The van der Waals surface area contributed by atoms with Crippen LogP contribution in [0.25, 0.3) is 22.1 Å². The highest BCUT2D eigenvalue weighted by Crippen LogP contribution is 2.39. The predicted octanol–water partition coefficient (Wildman–Crippen LogP) is 4.54. The third-order valence-electron chi connectivity index (χ3n) is 5.59. The highest BCUT2D eigenvalue weighted by Gasteiger charge is 2.25. The Bertz CT molecular complexity index is 1370. The molecule has 31 heavy (non-hydrogen) atoms. The molecule has 0 saturated heterocycles. The van der Waals surface area contributed by atoms with Crippen LogP contribution in [-0.2, 0) is 24.2 Å². The summed E-state index contributed by atoms with van der Waals surface area (Å²) < 4.78 is 2.11. The number of thioether (sulfide) groups is 1. The summed E-state index contributed by atoms with van der Waals surface area (Å²) in [6, 6.07) is 10.3. The highest BCUT2D eigenvalue weighted by molar-refractivity contribution is 8.00. The Morgan fingerprint density at radius 2 is 2.19 bits per heavy atom. The number of thiophene rings is 1. The van der Waals surface area contributed by atoms with Crippen LogP contribution in [0.5, 0.6) is 0 Å². The van der Waals surface area contributed by atoms with Crippen molar-refractivity contribution in [1.29, 1.82) is 5.26 Å². The lowest BCUT2D eigenvalue weighted by Gasteiger charge is -2.10. The van der Waals surface area contributed by atoms with Gasteiger partial charge in [0.2, 0.25) is 11.1 Å². The summed E-state index contributed by atoms with van der Waals surface area (Å²) in [6.45, 7) is 4.65. The second kappa shape index (κ2) is 7.94. The summed E-state index contributed by atoms with van der Waals surface area (Å²) in [6.07, 6.45) is 2.98. The Morgan fingerprint density at radius 1 is 1.35 bits per heavy atom. The van der Waals surface area contributed by atoms with Gasteiger partial charge in [-0.2, -0.15) is 5.26 Å². The molecule has 1 atom stereocenters. The number of aromatic nitrogens is 4. The predicted molar refractivity (Wildman–Crippen MR) is 124 cm³/mol. The average molecular weight is 449 g/mol. The van der Waals surface area contributed by atoms with Crippen LogP contribution >= 0.6 is 23.1 Å². The minimum atomic E-state index is -0.429. The third-order valence-corrected chi connectivity index (χ3v) is 7.75. The molecule has 1 amide bonds. The number of rotatable bonds is 5. The molecule has 1 unspecified atom stereocenters. The molecule has 3 heterocycles. The van der Waals surface area contributed by atoms with Crippen molar-refractivity contribution >= 4 is 56.1 Å². The van der Waals surface area contributed by atoms with Crippen LogP contribution in [-0.4, -0.2) is 30.9 Å². The van der Waals surface area contributed by atoms with Gasteiger partial charge < -0.3 is 9.88 Å². The van der Waals surface area contributed by atoms with Crippen molar-refractivity contribution in [2.24, 2.45) is 0 Å². The lowest BCUT2D eigenvalue weighted by Crippen LogP contribution is -2.22. The molecule has 7 nitrogen and oxygen atoms in total. The second-order valence-electron chi connectivity index (χ2n) is 7.45. The molecular weight excluding hydrogens is 428 g/mol. The molecule has 0 spiro atoms. The molecule has 1 aliphatic carbocycles. The largest absolute Gasteiger partial charge is 0.324 e. The van der Waals surface area contributed by atoms with E-state index in [4.69, 9.17) is 4.98 Å². The standard InChI is InChI=1S/C22H20N6OS2/c1-3-28-16-9-5-4-7-14(16)18-19(28)24-22(27-26-18)30-12(2)20(29)25-21-15(11-23)13-8-6-10-17(13)31-21/h4-5,7,9,12H,3,6,8,10H2,1-2H3,(H,25,29). The van der Waals surface area contributed by atoms with E-state index in [-0.39, 0.29) is 5.91 Å². The number of hydrogen-bond acceptors (Lipinski definition) is 7. The minimum Gasteiger partial charge on any atom is -0.324 e. The Balaban J connectivity index is 1.39. The molecule has 4 aromatic rings. The first-order valence-electron chi connectivity index (χ1n) is 10.2. The van der Waals surface area contributed by atoms with E-state index in [0.717, 1.165) is 53.4 Å². The van der Waals surface area contributed by atoms with Crippen molar-refractivity contribution in [3.63, 3.8) is 0 Å². The Morgan fingerprint density at radius 3 is 3.00 bits per heavy atom. The number of carbonyl (C=O) groups is 1. The van der Waals surface area contributed by atoms with Crippen molar-refractivity contribution in [2.75, 3.05) is 5.32 Å². The van der Waals surface area contributed by atoms with Crippen LogP contribution in [0.1, 0.15) is 36.3 Å². The number of aryl methyl sites for hydroxylation is 2. The molecule has 0 radical (unpaired) electrons. The van der Waals surface area contributed by atoms with Gasteiger partial charge >= 0.3 is 0 Å². The topological polar surface area (TPSA) is 96.5 Å². The fraction of sp³-hybridized carbons (Fsp3) is 0.318. The fourth-order valence-corrected chi connectivity index (χ4v) is 6.05. The summed E-state index contributed by atoms with van der Waals surface area (Å²) in [5, 5.41) is 22.9. The number of nitrogens with zero attached hydrogens (tertiary/aromatic N) is 5. The number of nitriles is 1. The maximum absolute atomic E-state index is 12.8. The van der Waals surface area contributed by atoms with Crippen LogP contribution < -0.4 is 5.32 Å². The summed E-state index contributed by atoms with van der Waals surface area (Å²) in [7, 11) is 0. The van der Waals surface area contributed by atoms with Crippen molar-refractivity contribution in [3.8, 4) is 6.07 Å². The summed E-state index contributed by atoms with van der Waals surface area (Å²) >= 11 is 2.79. The minimum absolute atomic E-state index is 0.166. The van der Waals surface area contributed by atoms with Crippen molar-refractivity contribution in [3.05, 3.63) is 40.3 Å². The van der Waals surface area contributed by atoms with E-state index in [1.807, 2.05) is 25.1 Å². The van der Waals surface area contributed by atoms with Gasteiger partial charge in [-0.25, -0.2) is 4.98 Å². The number of anilines is 1. The van der Waals surface area contributed by atoms with Gasteiger partial charge in [-0.05, 0) is 44.7 Å². The van der Waals surface area contributed by atoms with Gasteiger partial charge in [0, 0.05) is 16.8 Å². The summed E-state index contributed by atoms with van der Waals surface area (Å²) in [4.78, 5) is 18.8. The van der Waals surface area contributed by atoms with Crippen LogP contribution in [0, 0.1) is 11.3 Å². The maximum atomic E-state index is 12.8. The molecule has 9 heteroatoms. The van der Waals surface area contributed by atoms with Gasteiger partial charge in [0.15, 0.2) is 5.65 Å². The van der Waals surface area contributed by atoms with Gasteiger partial charge in [0.05, 0.1) is 16.3 Å². The number of hydrogen-bond donors (Lipinski definition) is 1. The molecule has 0 aliphatic heterocycles. The zero-order chi connectivity index (χ0) is 21.5. The average Bonchev–Trinajstić information content (AvgIpc) is 3.44. The molecule has 1 aliphatic rings. The summed E-state index contributed by atoms with van der Waals surface area (Å²) in [5.41, 5.74) is 4.34. The molecule has 3 aromatic heterocycles. The lowest BCUT2D eigenvalue weighted by molar-refractivity contribution is -0.115. The molecule has 0 bridgehead atoms. The van der Waals surface area contributed by atoms with Crippen molar-refractivity contribution in [2.45, 2.75) is 50.1 Å². The molecule has 0 saturated carbocycles. The van der Waals surface area contributed by atoms with Crippen LogP contribution in [0.3, 0.4) is 0 Å². The van der Waals surface area contributed by atoms with Gasteiger partial charge in [0.1, 0.15) is 16.6 Å².